The van der Waals surface area contributed by atoms with Gasteiger partial charge in [0.25, 0.3) is 5.56 Å². The van der Waals surface area contributed by atoms with Crippen LogP contribution in [0, 0.1) is 6.92 Å². The minimum atomic E-state index is -0.864. The minimum absolute atomic E-state index is 0.0141. The van der Waals surface area contributed by atoms with Crippen molar-refractivity contribution in [2.24, 2.45) is 0 Å². The minimum Gasteiger partial charge on any atom is -0.267 e. The molecule has 3 heterocycles. The van der Waals surface area contributed by atoms with Crippen LogP contribution < -0.4 is 5.56 Å². The molecule has 0 saturated carbocycles. The summed E-state index contributed by atoms with van der Waals surface area (Å²) >= 11 is 0. The zero-order chi connectivity index (χ0) is 35.5. The van der Waals surface area contributed by atoms with Crippen LogP contribution in [0.2, 0.25) is 0 Å². The van der Waals surface area contributed by atoms with Gasteiger partial charge in [0.1, 0.15) is 0 Å². The van der Waals surface area contributed by atoms with Gasteiger partial charge in [0, 0.05) is 17.8 Å². The summed E-state index contributed by atoms with van der Waals surface area (Å²) in [6.07, 6.45) is 2.00. The number of pyridine rings is 1. The number of aromatic nitrogens is 7. The standard InChI is InChI=1S/C44H39N7O/c1-3-4-30-49-42-40(29-24-32(2)45-42)43(52)50(49)31-33-25-27-34(28-26-33)38-22-14-15-23-39(38)41-46-48-51(47-41)44(35-16-8-5-9-17-35,36-18-10-6-11-19-36)37-20-12-7-13-21-37/h5-29H,3-4,30-31H2,1-2H3. The van der Waals surface area contributed by atoms with Crippen LogP contribution in [0.15, 0.2) is 156 Å². The summed E-state index contributed by atoms with van der Waals surface area (Å²) in [5.41, 5.74) is 7.78. The van der Waals surface area contributed by atoms with Crippen molar-refractivity contribution >= 4 is 11.0 Å². The average molecular weight is 682 g/mol. The maximum Gasteiger partial charge on any atom is 0.276 e. The molecule has 0 aliphatic carbocycles. The Hall–Kier alpha value is -6.41. The van der Waals surface area contributed by atoms with Gasteiger partial charge < -0.3 is 0 Å². The van der Waals surface area contributed by atoms with E-state index in [-0.39, 0.29) is 5.56 Å². The number of tetrazole rings is 1. The van der Waals surface area contributed by atoms with Crippen LogP contribution in [-0.4, -0.2) is 34.6 Å². The molecule has 0 fully saturated rings. The van der Waals surface area contributed by atoms with Crippen molar-refractivity contribution in [3.8, 4) is 22.5 Å². The van der Waals surface area contributed by atoms with Crippen molar-refractivity contribution in [3.05, 3.63) is 190 Å². The summed E-state index contributed by atoms with van der Waals surface area (Å²) in [5, 5.41) is 15.3. The maximum absolute atomic E-state index is 13.5. The van der Waals surface area contributed by atoms with Crippen molar-refractivity contribution in [1.29, 1.82) is 0 Å². The van der Waals surface area contributed by atoms with Crippen molar-refractivity contribution < 1.29 is 0 Å². The molecular weight excluding hydrogens is 643 g/mol. The molecule has 0 unspecified atom stereocenters. The van der Waals surface area contributed by atoms with Gasteiger partial charge in [0.15, 0.2) is 11.2 Å². The lowest BCUT2D eigenvalue weighted by molar-refractivity contribution is 0.396. The van der Waals surface area contributed by atoms with Crippen LogP contribution in [0.25, 0.3) is 33.5 Å². The van der Waals surface area contributed by atoms with E-state index in [1.54, 1.807) is 4.80 Å². The molecule has 3 aromatic heterocycles. The van der Waals surface area contributed by atoms with E-state index in [0.717, 1.165) is 69.7 Å². The number of hydrogen-bond donors (Lipinski definition) is 0. The van der Waals surface area contributed by atoms with Gasteiger partial charge in [-0.3, -0.25) is 9.48 Å². The van der Waals surface area contributed by atoms with E-state index < -0.39 is 5.54 Å². The Morgan fingerprint density at radius 1 is 0.635 bits per heavy atom. The Morgan fingerprint density at radius 2 is 1.21 bits per heavy atom. The summed E-state index contributed by atoms with van der Waals surface area (Å²) in [4.78, 5) is 20.0. The van der Waals surface area contributed by atoms with Crippen LogP contribution in [0.1, 0.15) is 47.7 Å². The molecule has 0 aliphatic heterocycles. The number of nitrogens with zero attached hydrogens (tertiary/aromatic N) is 7. The fraction of sp³-hybridized carbons (Fsp3) is 0.159. The average Bonchev–Trinajstić information content (AvgIpc) is 3.79. The molecular formula is C44H39N7O. The van der Waals surface area contributed by atoms with E-state index in [9.17, 15) is 4.79 Å². The zero-order valence-corrected chi connectivity index (χ0v) is 29.3. The molecule has 8 nitrogen and oxygen atoms in total. The lowest BCUT2D eigenvalue weighted by atomic mass is 9.77. The third-order valence-corrected chi connectivity index (χ3v) is 9.79. The molecule has 0 aliphatic rings. The largest absolute Gasteiger partial charge is 0.276 e. The van der Waals surface area contributed by atoms with E-state index >= 15 is 0 Å². The normalized spacial score (nSPS) is 11.7. The molecule has 256 valence electrons. The van der Waals surface area contributed by atoms with E-state index in [2.05, 4.69) is 73.7 Å². The Kier molecular flexibility index (Phi) is 8.87. The van der Waals surface area contributed by atoms with Gasteiger partial charge in [-0.15, -0.1) is 15.0 Å². The lowest BCUT2D eigenvalue weighted by Gasteiger charge is -2.34. The first-order valence-electron chi connectivity index (χ1n) is 17.8. The summed E-state index contributed by atoms with van der Waals surface area (Å²) in [7, 11) is 0. The molecule has 0 N–H and O–H groups in total. The lowest BCUT2D eigenvalue weighted by Crippen LogP contribution is -2.39. The Morgan fingerprint density at radius 3 is 1.81 bits per heavy atom. The van der Waals surface area contributed by atoms with Crippen LogP contribution in [-0.2, 0) is 18.6 Å². The highest BCUT2D eigenvalue weighted by Crippen LogP contribution is 2.40. The zero-order valence-electron chi connectivity index (χ0n) is 29.3. The molecule has 8 heteroatoms. The molecule has 8 aromatic rings. The summed E-state index contributed by atoms with van der Waals surface area (Å²) in [5.74, 6) is 0.529. The number of rotatable bonds is 11. The Balaban J connectivity index is 1.18. The van der Waals surface area contributed by atoms with E-state index in [0.29, 0.717) is 17.8 Å². The Labute approximate surface area is 302 Å². The first kappa shape index (κ1) is 32.8. The summed E-state index contributed by atoms with van der Waals surface area (Å²) in [6.45, 7) is 5.32. The highest BCUT2D eigenvalue weighted by molar-refractivity contribution is 5.80. The van der Waals surface area contributed by atoms with Gasteiger partial charge in [-0.25, -0.2) is 9.67 Å². The maximum atomic E-state index is 13.5. The molecule has 0 atom stereocenters. The molecule has 5 aromatic carbocycles. The predicted molar refractivity (Wildman–Crippen MR) is 206 cm³/mol. The van der Waals surface area contributed by atoms with E-state index in [1.807, 2.05) is 101 Å². The van der Waals surface area contributed by atoms with Gasteiger partial charge in [0.2, 0.25) is 5.82 Å². The van der Waals surface area contributed by atoms with Gasteiger partial charge >= 0.3 is 0 Å². The van der Waals surface area contributed by atoms with Crippen molar-refractivity contribution in [3.63, 3.8) is 0 Å². The molecule has 52 heavy (non-hydrogen) atoms. The van der Waals surface area contributed by atoms with E-state index in [1.165, 1.54) is 0 Å². The van der Waals surface area contributed by atoms with Crippen molar-refractivity contribution in [1.82, 2.24) is 34.6 Å². The molecule has 0 saturated heterocycles. The van der Waals surface area contributed by atoms with Gasteiger partial charge in [-0.2, -0.15) is 0 Å². The monoisotopic (exact) mass is 681 g/mol. The predicted octanol–water partition coefficient (Wildman–Crippen LogP) is 8.52. The second kappa shape index (κ2) is 14.1. The molecule has 0 spiro atoms. The third-order valence-electron chi connectivity index (χ3n) is 9.79. The molecule has 0 bridgehead atoms. The highest BCUT2D eigenvalue weighted by atomic mass is 16.1. The fourth-order valence-electron chi connectivity index (χ4n) is 7.20. The molecule has 8 rings (SSSR count). The number of fused-ring (bicyclic) bond motifs is 1. The van der Waals surface area contributed by atoms with Crippen LogP contribution in [0.4, 0.5) is 0 Å². The first-order chi connectivity index (χ1) is 25.6. The third kappa shape index (κ3) is 5.82. The first-order valence-corrected chi connectivity index (χ1v) is 17.8. The fourth-order valence-corrected chi connectivity index (χ4v) is 7.20. The highest BCUT2D eigenvalue weighted by Gasteiger charge is 2.41. The van der Waals surface area contributed by atoms with Crippen LogP contribution in [0.5, 0.6) is 0 Å². The van der Waals surface area contributed by atoms with Gasteiger partial charge in [-0.05, 0) is 64.1 Å². The smallest absolute Gasteiger partial charge is 0.267 e. The quantitative estimate of drug-likeness (QED) is 0.128. The Bertz CT molecular complexity index is 2400. The number of hydrogen-bond acceptors (Lipinski definition) is 5. The summed E-state index contributed by atoms with van der Waals surface area (Å²) < 4.78 is 3.88. The van der Waals surface area contributed by atoms with Crippen molar-refractivity contribution in [2.45, 2.75) is 45.3 Å². The molecule has 0 radical (unpaired) electrons. The van der Waals surface area contributed by atoms with Crippen LogP contribution >= 0.6 is 0 Å². The topological polar surface area (TPSA) is 83.4 Å². The van der Waals surface area contributed by atoms with Crippen molar-refractivity contribution in [2.75, 3.05) is 0 Å². The number of benzene rings is 5. The van der Waals surface area contributed by atoms with Gasteiger partial charge in [-0.1, -0.05) is 153 Å². The summed E-state index contributed by atoms with van der Waals surface area (Å²) in [6, 6.07) is 51.4. The van der Waals surface area contributed by atoms with Crippen LogP contribution in [0.3, 0.4) is 0 Å². The second-order valence-corrected chi connectivity index (χ2v) is 13.1. The molecule has 0 amide bonds. The SMILES string of the molecule is CCCCn1c2nc(C)ccc2c(=O)n1Cc1ccc(-c2ccccc2-c2nnn(C(c3ccccc3)(c3ccccc3)c3ccccc3)n2)cc1. The second-order valence-electron chi connectivity index (χ2n) is 13.1. The van der Waals surface area contributed by atoms with E-state index in [4.69, 9.17) is 20.4 Å². The number of aryl methyl sites for hydroxylation is 2. The number of unbranched alkanes of at least 4 members (excludes halogenated alkanes) is 1. The van der Waals surface area contributed by atoms with Gasteiger partial charge in [0.05, 0.1) is 11.9 Å².